The minimum Gasteiger partial charge on any atom is -0.496 e. The first-order chi connectivity index (χ1) is 8.67. The van der Waals surface area contributed by atoms with Gasteiger partial charge in [-0.05, 0) is 0 Å². The quantitative estimate of drug-likeness (QED) is 0.783. The second-order valence-electron chi connectivity index (χ2n) is 4.16. The first-order valence-electron chi connectivity index (χ1n) is 5.74. The van der Waals surface area contributed by atoms with Crippen LogP contribution >= 0.6 is 15.9 Å². The smallest absolute Gasteiger partial charge is 0.127 e. The van der Waals surface area contributed by atoms with Gasteiger partial charge in [-0.2, -0.15) is 0 Å². The van der Waals surface area contributed by atoms with Crippen LogP contribution in [0.5, 0.6) is 17.2 Å². The lowest BCUT2D eigenvalue weighted by Crippen LogP contribution is -2.51. The van der Waals surface area contributed by atoms with Gasteiger partial charge in [-0.3, -0.25) is 0 Å². The molecule has 0 N–H and O–H groups in total. The van der Waals surface area contributed by atoms with E-state index in [9.17, 15) is 0 Å². The molecule has 3 unspecified atom stereocenters. The predicted octanol–water partition coefficient (Wildman–Crippen LogP) is 2.63. The molecule has 1 aromatic carbocycles. The molecular formula is C13H17BrO4. The van der Waals surface area contributed by atoms with Gasteiger partial charge in [0.15, 0.2) is 0 Å². The van der Waals surface area contributed by atoms with Crippen LogP contribution in [0.2, 0.25) is 0 Å². The maximum atomic E-state index is 5.89. The number of rotatable bonds is 5. The number of ether oxygens (including phenoxy) is 4. The fourth-order valence-corrected chi connectivity index (χ4v) is 2.89. The van der Waals surface area contributed by atoms with Crippen LogP contribution in [-0.4, -0.2) is 38.4 Å². The summed E-state index contributed by atoms with van der Waals surface area (Å²) < 4.78 is 21.7. The Labute approximate surface area is 115 Å². The van der Waals surface area contributed by atoms with Gasteiger partial charge in [0.25, 0.3) is 0 Å². The number of benzene rings is 1. The van der Waals surface area contributed by atoms with Crippen molar-refractivity contribution >= 4 is 15.9 Å². The van der Waals surface area contributed by atoms with Gasteiger partial charge in [-0.15, -0.1) is 0 Å². The average molecular weight is 317 g/mol. The van der Waals surface area contributed by atoms with Crippen molar-refractivity contribution in [3.63, 3.8) is 0 Å². The van der Waals surface area contributed by atoms with Crippen molar-refractivity contribution in [1.82, 2.24) is 0 Å². The molecule has 0 radical (unpaired) electrons. The third-order valence-electron chi connectivity index (χ3n) is 3.06. The van der Waals surface area contributed by atoms with Crippen LogP contribution in [0, 0.1) is 0 Å². The van der Waals surface area contributed by atoms with E-state index in [0.29, 0.717) is 16.3 Å². The van der Waals surface area contributed by atoms with Crippen molar-refractivity contribution in [2.45, 2.75) is 23.5 Å². The van der Waals surface area contributed by atoms with Crippen LogP contribution in [0.1, 0.15) is 6.42 Å². The molecule has 2 rings (SSSR count). The first-order valence-corrected chi connectivity index (χ1v) is 6.66. The Hall–Kier alpha value is -0.940. The maximum absolute atomic E-state index is 5.89. The highest BCUT2D eigenvalue weighted by molar-refractivity contribution is 9.09. The Morgan fingerprint density at radius 1 is 1.00 bits per heavy atom. The SMILES string of the molecule is COc1cc(OC)cc(OC2CC(Br)C2OC)c1. The van der Waals surface area contributed by atoms with Crippen molar-refractivity contribution in [2.24, 2.45) is 0 Å². The molecule has 5 heteroatoms. The van der Waals surface area contributed by atoms with E-state index < -0.39 is 0 Å². The van der Waals surface area contributed by atoms with Crippen molar-refractivity contribution < 1.29 is 18.9 Å². The zero-order chi connectivity index (χ0) is 13.1. The molecule has 1 aromatic rings. The number of hydrogen-bond donors (Lipinski definition) is 0. The minimum absolute atomic E-state index is 0.0659. The summed E-state index contributed by atoms with van der Waals surface area (Å²) in [5, 5.41) is 0. The molecule has 0 saturated heterocycles. The normalized spacial score (nSPS) is 26.3. The van der Waals surface area contributed by atoms with Gasteiger partial charge in [0.05, 0.1) is 14.2 Å². The van der Waals surface area contributed by atoms with Crippen molar-refractivity contribution in [3.05, 3.63) is 18.2 Å². The molecular weight excluding hydrogens is 300 g/mol. The number of halogens is 1. The fourth-order valence-electron chi connectivity index (χ4n) is 1.97. The van der Waals surface area contributed by atoms with Gasteiger partial charge < -0.3 is 18.9 Å². The Morgan fingerprint density at radius 3 is 2.00 bits per heavy atom. The summed E-state index contributed by atoms with van der Waals surface area (Å²) in [6.45, 7) is 0. The van der Waals surface area contributed by atoms with E-state index in [1.807, 2.05) is 18.2 Å². The zero-order valence-corrected chi connectivity index (χ0v) is 12.3. The summed E-state index contributed by atoms with van der Waals surface area (Å²) >= 11 is 3.54. The molecule has 0 aliphatic heterocycles. The summed E-state index contributed by atoms with van der Waals surface area (Å²) in [4.78, 5) is 0.361. The molecule has 1 aliphatic rings. The van der Waals surface area contributed by atoms with Crippen LogP contribution in [0.4, 0.5) is 0 Å². The topological polar surface area (TPSA) is 36.9 Å². The Bertz CT molecular complexity index is 388. The first kappa shape index (κ1) is 13.5. The minimum atomic E-state index is 0.0659. The number of methoxy groups -OCH3 is 3. The Kier molecular flexibility index (Phi) is 4.35. The van der Waals surface area contributed by atoms with E-state index >= 15 is 0 Å². The van der Waals surface area contributed by atoms with Gasteiger partial charge in [0.1, 0.15) is 29.5 Å². The number of hydrogen-bond acceptors (Lipinski definition) is 4. The lowest BCUT2D eigenvalue weighted by molar-refractivity contribution is -0.0546. The van der Waals surface area contributed by atoms with Gasteiger partial charge >= 0.3 is 0 Å². The molecule has 1 saturated carbocycles. The Morgan fingerprint density at radius 2 is 1.56 bits per heavy atom. The molecule has 0 spiro atoms. The molecule has 18 heavy (non-hydrogen) atoms. The van der Waals surface area contributed by atoms with Crippen molar-refractivity contribution in [2.75, 3.05) is 21.3 Å². The summed E-state index contributed by atoms with van der Waals surface area (Å²) in [6.07, 6.45) is 1.08. The summed E-state index contributed by atoms with van der Waals surface area (Å²) in [5.74, 6) is 2.17. The van der Waals surface area contributed by atoms with Crippen LogP contribution < -0.4 is 14.2 Å². The predicted molar refractivity (Wildman–Crippen MR) is 72.1 cm³/mol. The van der Waals surface area contributed by atoms with Gasteiger partial charge in [-0.25, -0.2) is 0 Å². The fraction of sp³-hybridized carbons (Fsp3) is 0.538. The molecule has 0 amide bonds. The Balaban J connectivity index is 2.09. The van der Waals surface area contributed by atoms with E-state index in [1.54, 1.807) is 21.3 Å². The van der Waals surface area contributed by atoms with E-state index in [1.165, 1.54) is 0 Å². The third-order valence-corrected chi connectivity index (χ3v) is 3.96. The molecule has 0 bridgehead atoms. The van der Waals surface area contributed by atoms with Crippen LogP contribution in [-0.2, 0) is 4.74 Å². The summed E-state index contributed by atoms with van der Waals surface area (Å²) in [5.41, 5.74) is 0. The highest BCUT2D eigenvalue weighted by Crippen LogP contribution is 2.36. The van der Waals surface area contributed by atoms with E-state index in [0.717, 1.165) is 12.2 Å². The highest BCUT2D eigenvalue weighted by atomic mass is 79.9. The third kappa shape index (κ3) is 2.72. The largest absolute Gasteiger partial charge is 0.496 e. The van der Waals surface area contributed by atoms with Crippen molar-refractivity contribution in [3.8, 4) is 17.2 Å². The molecule has 0 aromatic heterocycles. The zero-order valence-electron chi connectivity index (χ0n) is 10.7. The monoisotopic (exact) mass is 316 g/mol. The summed E-state index contributed by atoms with van der Waals surface area (Å²) in [6, 6.07) is 5.50. The number of alkyl halides is 1. The van der Waals surface area contributed by atoms with Gasteiger partial charge in [0, 0.05) is 36.6 Å². The maximum Gasteiger partial charge on any atom is 0.127 e. The molecule has 1 fully saturated rings. The van der Waals surface area contributed by atoms with Crippen molar-refractivity contribution in [1.29, 1.82) is 0 Å². The second-order valence-corrected chi connectivity index (χ2v) is 5.33. The van der Waals surface area contributed by atoms with Gasteiger partial charge in [0.2, 0.25) is 0 Å². The molecule has 4 nitrogen and oxygen atoms in total. The van der Waals surface area contributed by atoms with E-state index in [-0.39, 0.29) is 12.2 Å². The van der Waals surface area contributed by atoms with Crippen LogP contribution in [0.15, 0.2) is 18.2 Å². The lowest BCUT2D eigenvalue weighted by Gasteiger charge is -2.40. The standard InChI is InChI=1S/C13H17BrO4/c1-15-8-4-9(16-2)6-10(5-8)18-12-7-11(14)13(12)17-3/h4-6,11-13H,7H2,1-3H3. The molecule has 1 aliphatic carbocycles. The van der Waals surface area contributed by atoms with E-state index in [2.05, 4.69) is 15.9 Å². The second kappa shape index (κ2) is 5.80. The lowest BCUT2D eigenvalue weighted by atomic mass is 9.91. The highest BCUT2D eigenvalue weighted by Gasteiger charge is 2.41. The molecule has 0 heterocycles. The van der Waals surface area contributed by atoms with Gasteiger partial charge in [-0.1, -0.05) is 15.9 Å². The molecule has 100 valence electrons. The average Bonchev–Trinajstić information content (AvgIpc) is 2.38. The summed E-state index contributed by atoms with van der Waals surface area (Å²) in [7, 11) is 4.93. The van der Waals surface area contributed by atoms with Crippen LogP contribution in [0.25, 0.3) is 0 Å². The molecule has 3 atom stereocenters. The van der Waals surface area contributed by atoms with Crippen LogP contribution in [0.3, 0.4) is 0 Å². The van der Waals surface area contributed by atoms with E-state index in [4.69, 9.17) is 18.9 Å².